The van der Waals surface area contributed by atoms with Crippen LogP contribution in [0.3, 0.4) is 0 Å². The number of aryl methyl sites for hydroxylation is 1. The van der Waals surface area contributed by atoms with E-state index in [0.717, 1.165) is 12.8 Å². The fraction of sp³-hybridized carbons (Fsp3) is 0.176. The van der Waals surface area contributed by atoms with Crippen molar-refractivity contribution in [3.05, 3.63) is 72.3 Å². The molecule has 0 spiro atoms. The van der Waals surface area contributed by atoms with E-state index < -0.39 is 0 Å². The van der Waals surface area contributed by atoms with Crippen molar-refractivity contribution in [2.45, 2.75) is 19.8 Å². The molecule has 0 aliphatic heterocycles. The van der Waals surface area contributed by atoms with Crippen LogP contribution in [0.4, 0.5) is 0 Å². The Morgan fingerprint density at radius 3 is 2.12 bits per heavy atom. The summed E-state index contributed by atoms with van der Waals surface area (Å²) in [5.74, 6) is 0. The highest BCUT2D eigenvalue weighted by atomic mass is 14.0. The second-order valence-electron chi connectivity index (χ2n) is 4.17. The second-order valence-corrected chi connectivity index (χ2v) is 4.17. The molecule has 86 valence electrons. The fourth-order valence-corrected chi connectivity index (χ4v) is 1.91. The third kappa shape index (κ3) is 3.32. The number of hydrogen-bond donors (Lipinski definition) is 0. The Hall–Kier alpha value is -1.82. The molecule has 0 atom stereocenters. The van der Waals surface area contributed by atoms with E-state index in [9.17, 15) is 0 Å². The normalized spacial score (nSPS) is 10.9. The molecule has 0 aromatic heterocycles. The smallest absolute Gasteiger partial charge is 0.0184 e. The monoisotopic (exact) mass is 222 g/mol. The standard InChI is InChI=1S/C17H18/c1-2-3-5-8-15-11-13-17(14-12-15)16-9-6-4-7-10-16/h2-4,6-7,9-14H,5,8H2,1H3. The van der Waals surface area contributed by atoms with E-state index in [1.165, 1.54) is 16.7 Å². The number of rotatable bonds is 4. The maximum absolute atomic E-state index is 2.23. The molecule has 0 radical (unpaired) electrons. The Kier molecular flexibility index (Phi) is 4.15. The second kappa shape index (κ2) is 6.05. The molecule has 0 bridgehead atoms. The molecule has 0 heteroatoms. The Bertz CT molecular complexity index is 463. The maximum Gasteiger partial charge on any atom is -0.0184 e. The number of benzene rings is 2. The van der Waals surface area contributed by atoms with Crippen LogP contribution in [0.15, 0.2) is 66.7 Å². The highest BCUT2D eigenvalue weighted by Crippen LogP contribution is 2.19. The first-order valence-electron chi connectivity index (χ1n) is 6.15. The molecule has 2 rings (SSSR count). The summed E-state index contributed by atoms with van der Waals surface area (Å²) in [5, 5.41) is 0. The molecule has 0 N–H and O–H groups in total. The van der Waals surface area contributed by atoms with Crippen molar-refractivity contribution in [1.29, 1.82) is 0 Å². The van der Waals surface area contributed by atoms with Crippen LogP contribution in [-0.4, -0.2) is 0 Å². The summed E-state index contributed by atoms with van der Waals surface area (Å²) in [6, 6.07) is 19.4. The lowest BCUT2D eigenvalue weighted by molar-refractivity contribution is 1.000. The molecular formula is C17H18. The molecule has 0 fully saturated rings. The van der Waals surface area contributed by atoms with Gasteiger partial charge in [0.2, 0.25) is 0 Å². The Morgan fingerprint density at radius 1 is 0.824 bits per heavy atom. The summed E-state index contributed by atoms with van der Waals surface area (Å²) >= 11 is 0. The van der Waals surface area contributed by atoms with Gasteiger partial charge in [0.05, 0.1) is 0 Å². The molecule has 17 heavy (non-hydrogen) atoms. The van der Waals surface area contributed by atoms with Crippen LogP contribution in [-0.2, 0) is 6.42 Å². The van der Waals surface area contributed by atoms with Gasteiger partial charge in [0.25, 0.3) is 0 Å². The van der Waals surface area contributed by atoms with E-state index in [1.807, 2.05) is 0 Å². The van der Waals surface area contributed by atoms with Crippen LogP contribution in [0, 0.1) is 0 Å². The first-order valence-corrected chi connectivity index (χ1v) is 6.15. The van der Waals surface area contributed by atoms with Crippen molar-refractivity contribution < 1.29 is 0 Å². The van der Waals surface area contributed by atoms with E-state index >= 15 is 0 Å². The molecule has 0 amide bonds. The van der Waals surface area contributed by atoms with Gasteiger partial charge in [-0.3, -0.25) is 0 Å². The van der Waals surface area contributed by atoms with Crippen molar-refractivity contribution in [2.24, 2.45) is 0 Å². The van der Waals surface area contributed by atoms with E-state index in [-0.39, 0.29) is 0 Å². The summed E-state index contributed by atoms with van der Waals surface area (Å²) in [6.45, 7) is 2.07. The minimum Gasteiger partial charge on any atom is -0.0917 e. The molecule has 2 aromatic carbocycles. The van der Waals surface area contributed by atoms with Crippen LogP contribution in [0.1, 0.15) is 18.9 Å². The van der Waals surface area contributed by atoms with Crippen LogP contribution >= 0.6 is 0 Å². The predicted octanol–water partition coefficient (Wildman–Crippen LogP) is 4.86. The van der Waals surface area contributed by atoms with Gasteiger partial charge < -0.3 is 0 Å². The summed E-state index contributed by atoms with van der Waals surface area (Å²) in [7, 11) is 0. The number of hydrogen-bond acceptors (Lipinski definition) is 0. The third-order valence-electron chi connectivity index (χ3n) is 2.90. The van der Waals surface area contributed by atoms with Gasteiger partial charge in [-0.1, -0.05) is 66.7 Å². The topological polar surface area (TPSA) is 0 Å². The van der Waals surface area contributed by atoms with Crippen LogP contribution < -0.4 is 0 Å². The highest BCUT2D eigenvalue weighted by Gasteiger charge is 1.96. The number of allylic oxidation sites excluding steroid dienone is 2. The van der Waals surface area contributed by atoms with Crippen molar-refractivity contribution in [3.63, 3.8) is 0 Å². The van der Waals surface area contributed by atoms with Gasteiger partial charge in [-0.05, 0) is 36.5 Å². The van der Waals surface area contributed by atoms with Crippen molar-refractivity contribution >= 4 is 0 Å². The predicted molar refractivity (Wildman–Crippen MR) is 75.0 cm³/mol. The lowest BCUT2D eigenvalue weighted by atomic mass is 10.0. The lowest BCUT2D eigenvalue weighted by Crippen LogP contribution is -1.84. The fourth-order valence-electron chi connectivity index (χ4n) is 1.91. The largest absolute Gasteiger partial charge is 0.0917 e. The Balaban J connectivity index is 2.08. The first-order chi connectivity index (χ1) is 8.40. The van der Waals surface area contributed by atoms with E-state index in [1.54, 1.807) is 0 Å². The maximum atomic E-state index is 2.23. The Labute approximate surface area is 104 Å². The van der Waals surface area contributed by atoms with Crippen molar-refractivity contribution in [3.8, 4) is 11.1 Å². The van der Waals surface area contributed by atoms with Gasteiger partial charge in [0.15, 0.2) is 0 Å². The van der Waals surface area contributed by atoms with E-state index in [0.29, 0.717) is 0 Å². The van der Waals surface area contributed by atoms with Gasteiger partial charge in [0, 0.05) is 0 Å². The van der Waals surface area contributed by atoms with Crippen molar-refractivity contribution in [2.75, 3.05) is 0 Å². The van der Waals surface area contributed by atoms with Gasteiger partial charge in [-0.25, -0.2) is 0 Å². The van der Waals surface area contributed by atoms with Gasteiger partial charge in [-0.2, -0.15) is 0 Å². The van der Waals surface area contributed by atoms with Crippen LogP contribution in [0.2, 0.25) is 0 Å². The minimum atomic E-state index is 1.12. The van der Waals surface area contributed by atoms with Gasteiger partial charge in [-0.15, -0.1) is 0 Å². The Morgan fingerprint density at radius 2 is 1.47 bits per heavy atom. The summed E-state index contributed by atoms with van der Waals surface area (Å²) in [5.41, 5.74) is 3.98. The molecule has 0 aliphatic carbocycles. The van der Waals surface area contributed by atoms with Crippen LogP contribution in [0.5, 0.6) is 0 Å². The van der Waals surface area contributed by atoms with Gasteiger partial charge in [0.1, 0.15) is 0 Å². The molecule has 0 aliphatic rings. The van der Waals surface area contributed by atoms with E-state index in [2.05, 4.69) is 73.7 Å². The van der Waals surface area contributed by atoms with Crippen LogP contribution in [0.25, 0.3) is 11.1 Å². The van der Waals surface area contributed by atoms with E-state index in [4.69, 9.17) is 0 Å². The summed E-state index contributed by atoms with van der Waals surface area (Å²) < 4.78 is 0. The molecule has 0 unspecified atom stereocenters. The molecule has 0 nitrogen and oxygen atoms in total. The third-order valence-corrected chi connectivity index (χ3v) is 2.90. The zero-order valence-electron chi connectivity index (χ0n) is 10.3. The van der Waals surface area contributed by atoms with Gasteiger partial charge >= 0.3 is 0 Å². The molecule has 0 saturated heterocycles. The zero-order chi connectivity index (χ0) is 11.9. The average molecular weight is 222 g/mol. The zero-order valence-corrected chi connectivity index (χ0v) is 10.3. The highest BCUT2D eigenvalue weighted by molar-refractivity contribution is 5.63. The molecule has 2 aromatic rings. The minimum absolute atomic E-state index is 1.12. The summed E-state index contributed by atoms with van der Waals surface area (Å²) in [6.07, 6.45) is 6.57. The first kappa shape index (κ1) is 11.7. The molecular weight excluding hydrogens is 204 g/mol. The average Bonchev–Trinajstić information content (AvgIpc) is 2.41. The SMILES string of the molecule is CC=CCCc1ccc(-c2ccccc2)cc1. The summed E-state index contributed by atoms with van der Waals surface area (Å²) in [4.78, 5) is 0. The molecule has 0 saturated carbocycles. The van der Waals surface area contributed by atoms with Crippen molar-refractivity contribution in [1.82, 2.24) is 0 Å². The molecule has 0 heterocycles. The quantitative estimate of drug-likeness (QED) is 0.648. The lowest BCUT2D eigenvalue weighted by Gasteiger charge is -2.03.